The van der Waals surface area contributed by atoms with E-state index in [1.807, 2.05) is 6.92 Å². The number of carbonyl (C=O) groups excluding carboxylic acids is 2. The van der Waals surface area contributed by atoms with Crippen LogP contribution in [0.2, 0.25) is 5.02 Å². The molecule has 7 nitrogen and oxygen atoms in total. The van der Waals surface area contributed by atoms with Gasteiger partial charge in [-0.1, -0.05) is 17.7 Å². The summed E-state index contributed by atoms with van der Waals surface area (Å²) >= 11 is 6.22. The third kappa shape index (κ3) is 4.43. The number of halogens is 1. The Kier molecular flexibility index (Phi) is 5.71. The highest BCUT2D eigenvalue weighted by molar-refractivity contribution is 6.33. The van der Waals surface area contributed by atoms with Crippen LogP contribution in [0, 0.1) is 6.92 Å². The van der Waals surface area contributed by atoms with Crippen LogP contribution in [0.4, 0.5) is 11.4 Å². The molecule has 1 aliphatic rings. The first kappa shape index (κ1) is 18.8. The van der Waals surface area contributed by atoms with Crippen LogP contribution >= 0.6 is 11.6 Å². The molecule has 0 atom stereocenters. The average Bonchev–Trinajstić information content (AvgIpc) is 2.67. The molecule has 0 unspecified atom stereocenters. The Morgan fingerprint density at radius 1 is 1.11 bits per heavy atom. The van der Waals surface area contributed by atoms with Crippen molar-refractivity contribution < 1.29 is 23.8 Å². The van der Waals surface area contributed by atoms with Crippen molar-refractivity contribution >= 4 is 34.9 Å². The number of ether oxygens (including phenoxy) is 3. The highest BCUT2D eigenvalue weighted by Crippen LogP contribution is 2.37. The molecule has 0 saturated carbocycles. The van der Waals surface area contributed by atoms with Crippen LogP contribution < -0.4 is 20.1 Å². The zero-order valence-corrected chi connectivity index (χ0v) is 15.7. The van der Waals surface area contributed by atoms with Crippen LogP contribution in [0.1, 0.15) is 15.9 Å². The summed E-state index contributed by atoms with van der Waals surface area (Å²) in [5.74, 6) is 0.407. The molecule has 0 fully saturated rings. The predicted molar refractivity (Wildman–Crippen MR) is 102 cm³/mol. The van der Waals surface area contributed by atoms with Crippen molar-refractivity contribution in [2.24, 2.45) is 0 Å². The molecule has 0 aliphatic carbocycles. The van der Waals surface area contributed by atoms with E-state index in [4.69, 9.17) is 25.8 Å². The van der Waals surface area contributed by atoms with Crippen LogP contribution in [0.25, 0.3) is 0 Å². The third-order valence-corrected chi connectivity index (χ3v) is 4.32. The molecule has 0 saturated heterocycles. The summed E-state index contributed by atoms with van der Waals surface area (Å²) < 4.78 is 15.7. The lowest BCUT2D eigenvalue weighted by molar-refractivity contribution is -0.114. The van der Waals surface area contributed by atoms with Gasteiger partial charge in [-0.3, -0.25) is 4.79 Å². The van der Waals surface area contributed by atoms with E-state index in [0.717, 1.165) is 5.56 Å². The minimum atomic E-state index is -0.466. The van der Waals surface area contributed by atoms with Gasteiger partial charge in [-0.2, -0.15) is 0 Å². The van der Waals surface area contributed by atoms with Gasteiger partial charge in [0.1, 0.15) is 13.2 Å². The van der Waals surface area contributed by atoms with Crippen molar-refractivity contribution in [1.82, 2.24) is 0 Å². The second kappa shape index (κ2) is 8.18. The molecule has 0 bridgehead atoms. The number of fused-ring (bicyclic) bond motifs is 1. The fraction of sp³-hybridized carbons (Fsp3) is 0.263. The average molecular weight is 391 g/mol. The van der Waals surface area contributed by atoms with Crippen LogP contribution in [-0.2, 0) is 9.53 Å². The minimum absolute atomic E-state index is 0.0126. The summed E-state index contributed by atoms with van der Waals surface area (Å²) in [5, 5.41) is 6.18. The second-order valence-corrected chi connectivity index (χ2v) is 6.31. The van der Waals surface area contributed by atoms with Gasteiger partial charge in [-0.25, -0.2) is 4.79 Å². The Bertz CT molecular complexity index is 885. The first-order valence-electron chi connectivity index (χ1n) is 8.30. The molecule has 1 aliphatic heterocycles. The normalized spacial score (nSPS) is 12.3. The monoisotopic (exact) mass is 390 g/mol. The standard InChI is InChI=1S/C19H19ClN2O5/c1-11-3-4-12(19(24)25-2)7-14(11)22-18(23)10-21-15-9-17-16(8-13(15)20)26-5-6-27-17/h3-4,7-9,21H,5-6,10H2,1-2H3,(H,22,23). The lowest BCUT2D eigenvalue weighted by atomic mass is 10.1. The Balaban J connectivity index is 1.66. The molecule has 1 heterocycles. The van der Waals surface area contributed by atoms with Gasteiger partial charge in [0.25, 0.3) is 0 Å². The Morgan fingerprint density at radius 3 is 2.52 bits per heavy atom. The van der Waals surface area contributed by atoms with Gasteiger partial charge >= 0.3 is 5.97 Å². The number of anilines is 2. The van der Waals surface area contributed by atoms with Crippen molar-refractivity contribution in [2.75, 3.05) is 37.5 Å². The lowest BCUT2D eigenvalue weighted by Crippen LogP contribution is -2.23. The van der Waals surface area contributed by atoms with Crippen LogP contribution in [0.15, 0.2) is 30.3 Å². The molecule has 3 rings (SSSR count). The van der Waals surface area contributed by atoms with E-state index < -0.39 is 5.97 Å². The molecule has 2 aromatic carbocycles. The number of hydrogen-bond acceptors (Lipinski definition) is 6. The number of benzene rings is 2. The second-order valence-electron chi connectivity index (χ2n) is 5.90. The molecule has 2 aromatic rings. The van der Waals surface area contributed by atoms with Crippen molar-refractivity contribution in [3.63, 3.8) is 0 Å². The smallest absolute Gasteiger partial charge is 0.337 e. The van der Waals surface area contributed by atoms with Gasteiger partial charge < -0.3 is 24.8 Å². The molecule has 27 heavy (non-hydrogen) atoms. The summed E-state index contributed by atoms with van der Waals surface area (Å²) in [6, 6.07) is 8.32. The topological polar surface area (TPSA) is 85.9 Å². The molecular weight excluding hydrogens is 372 g/mol. The molecule has 2 N–H and O–H groups in total. The van der Waals surface area contributed by atoms with E-state index in [-0.39, 0.29) is 12.5 Å². The maximum atomic E-state index is 12.3. The van der Waals surface area contributed by atoms with E-state index >= 15 is 0 Å². The largest absolute Gasteiger partial charge is 0.486 e. The van der Waals surface area contributed by atoms with E-state index in [0.29, 0.717) is 46.7 Å². The van der Waals surface area contributed by atoms with E-state index in [2.05, 4.69) is 10.6 Å². The molecule has 8 heteroatoms. The highest BCUT2D eigenvalue weighted by Gasteiger charge is 2.16. The Labute approximate surface area is 161 Å². The van der Waals surface area contributed by atoms with Gasteiger partial charge in [0.15, 0.2) is 11.5 Å². The van der Waals surface area contributed by atoms with Crippen LogP contribution in [0.5, 0.6) is 11.5 Å². The summed E-state index contributed by atoms with van der Waals surface area (Å²) in [7, 11) is 1.31. The number of carbonyl (C=O) groups is 2. The van der Waals surface area contributed by atoms with Crippen LogP contribution in [-0.4, -0.2) is 38.7 Å². The van der Waals surface area contributed by atoms with Gasteiger partial charge in [0.05, 0.1) is 29.9 Å². The quantitative estimate of drug-likeness (QED) is 0.762. The Hall–Kier alpha value is -2.93. The fourth-order valence-electron chi connectivity index (χ4n) is 2.57. The summed E-state index contributed by atoms with van der Waals surface area (Å²) in [5.41, 5.74) is 2.30. The number of methoxy groups -OCH3 is 1. The van der Waals surface area contributed by atoms with Crippen molar-refractivity contribution in [1.29, 1.82) is 0 Å². The first-order chi connectivity index (χ1) is 13.0. The van der Waals surface area contributed by atoms with Gasteiger partial charge in [0, 0.05) is 17.8 Å². The fourth-order valence-corrected chi connectivity index (χ4v) is 2.79. The SMILES string of the molecule is COC(=O)c1ccc(C)c(NC(=O)CNc2cc3c(cc2Cl)OCCO3)c1. The first-order valence-corrected chi connectivity index (χ1v) is 8.67. The summed E-state index contributed by atoms with van der Waals surface area (Å²) in [6.07, 6.45) is 0. The van der Waals surface area contributed by atoms with Gasteiger partial charge in [0.2, 0.25) is 5.91 Å². The van der Waals surface area contributed by atoms with E-state index in [1.165, 1.54) is 7.11 Å². The number of esters is 1. The number of hydrogen-bond donors (Lipinski definition) is 2. The van der Waals surface area contributed by atoms with E-state index in [9.17, 15) is 9.59 Å². The van der Waals surface area contributed by atoms with Crippen molar-refractivity contribution in [3.8, 4) is 11.5 Å². The molecule has 0 radical (unpaired) electrons. The van der Waals surface area contributed by atoms with Gasteiger partial charge in [-0.05, 0) is 24.6 Å². The summed E-state index contributed by atoms with van der Waals surface area (Å²) in [4.78, 5) is 23.9. The number of amides is 1. The Morgan fingerprint density at radius 2 is 1.81 bits per heavy atom. The molecule has 1 amide bonds. The predicted octanol–water partition coefficient (Wildman–Crippen LogP) is 3.26. The lowest BCUT2D eigenvalue weighted by Gasteiger charge is -2.20. The molecule has 142 valence electrons. The van der Waals surface area contributed by atoms with Crippen molar-refractivity contribution in [3.05, 3.63) is 46.5 Å². The zero-order chi connectivity index (χ0) is 19.4. The van der Waals surface area contributed by atoms with Crippen LogP contribution in [0.3, 0.4) is 0 Å². The minimum Gasteiger partial charge on any atom is -0.486 e. The van der Waals surface area contributed by atoms with E-state index in [1.54, 1.807) is 30.3 Å². The van der Waals surface area contributed by atoms with Crippen molar-refractivity contribution in [2.45, 2.75) is 6.92 Å². The molecule has 0 aromatic heterocycles. The molecule has 0 spiro atoms. The zero-order valence-electron chi connectivity index (χ0n) is 14.9. The number of aryl methyl sites for hydroxylation is 1. The maximum absolute atomic E-state index is 12.3. The number of rotatable bonds is 5. The highest BCUT2D eigenvalue weighted by atomic mass is 35.5. The van der Waals surface area contributed by atoms with Gasteiger partial charge in [-0.15, -0.1) is 0 Å². The summed E-state index contributed by atoms with van der Waals surface area (Å²) in [6.45, 7) is 2.76. The molecular formula is C19H19ClN2O5. The third-order valence-electron chi connectivity index (χ3n) is 4.00. The maximum Gasteiger partial charge on any atom is 0.337 e. The number of nitrogens with one attached hydrogen (secondary N) is 2.